The summed E-state index contributed by atoms with van der Waals surface area (Å²) >= 11 is 0. The van der Waals surface area contributed by atoms with Gasteiger partial charge in [0.2, 0.25) is 0 Å². The van der Waals surface area contributed by atoms with Gasteiger partial charge in [-0.05, 0) is 35.4 Å². The van der Waals surface area contributed by atoms with Gasteiger partial charge in [-0.1, -0.05) is 43.0 Å². The molecular formula is C28H28N6O2. The van der Waals surface area contributed by atoms with E-state index in [2.05, 4.69) is 51.6 Å². The molecule has 0 saturated carbocycles. The Labute approximate surface area is 210 Å². The molecule has 2 N–H and O–H groups in total. The quantitative estimate of drug-likeness (QED) is 0.531. The van der Waals surface area contributed by atoms with Crippen LogP contribution >= 0.6 is 0 Å². The molecule has 0 bridgehead atoms. The van der Waals surface area contributed by atoms with Crippen molar-refractivity contribution < 1.29 is 9.47 Å². The summed E-state index contributed by atoms with van der Waals surface area (Å²) in [5.41, 5.74) is 8.05. The number of nitrogens with one attached hydrogen (secondary N) is 2. The van der Waals surface area contributed by atoms with Crippen LogP contribution in [0.25, 0.3) is 11.4 Å². The molecule has 5 rings (SSSR count). The van der Waals surface area contributed by atoms with Crippen molar-refractivity contribution in [3.8, 4) is 23.2 Å². The van der Waals surface area contributed by atoms with Crippen LogP contribution in [0.2, 0.25) is 0 Å². The van der Waals surface area contributed by atoms with Crippen molar-refractivity contribution >= 4 is 0 Å². The number of hydrogen-bond donors (Lipinski definition) is 2. The van der Waals surface area contributed by atoms with E-state index in [0.717, 1.165) is 35.5 Å². The Bertz CT molecular complexity index is 1280. The molecule has 8 nitrogen and oxygen atoms in total. The van der Waals surface area contributed by atoms with Gasteiger partial charge < -0.3 is 19.8 Å². The summed E-state index contributed by atoms with van der Waals surface area (Å²) in [5, 5.41) is 14.5. The average molecular weight is 481 g/mol. The van der Waals surface area contributed by atoms with Crippen LogP contribution in [-0.4, -0.2) is 47.4 Å². The summed E-state index contributed by atoms with van der Waals surface area (Å²) in [7, 11) is 0. The number of hydrazine groups is 1. The second kappa shape index (κ2) is 11.1. The van der Waals surface area contributed by atoms with Crippen LogP contribution < -0.4 is 15.5 Å². The standard InChI is InChI=1S/C28H28N6O2/c1-20-8-9-27(23-6-2-4-21(12-23)14-29)33-34(20)18-22-5-3-7-24(13-22)28-31-16-25(17-32-28)36-19-26-15-30-10-11-35-26/h2-9,12-13,16-17,26-27,30,33H,1,10-11,15,18-19H2. The first kappa shape index (κ1) is 23.7. The summed E-state index contributed by atoms with van der Waals surface area (Å²) in [6.45, 7) is 7.61. The fourth-order valence-electron chi connectivity index (χ4n) is 4.17. The zero-order valence-electron chi connectivity index (χ0n) is 19.9. The van der Waals surface area contributed by atoms with Crippen molar-refractivity contribution in [2.24, 2.45) is 0 Å². The minimum Gasteiger partial charge on any atom is -0.488 e. The predicted octanol–water partition coefficient (Wildman–Crippen LogP) is 3.51. The van der Waals surface area contributed by atoms with Gasteiger partial charge in [0.1, 0.15) is 12.7 Å². The fourth-order valence-corrected chi connectivity index (χ4v) is 4.17. The fraction of sp³-hybridized carbons (Fsp3) is 0.250. The van der Waals surface area contributed by atoms with Gasteiger partial charge >= 0.3 is 0 Å². The minimum absolute atomic E-state index is 0.0398. The third-order valence-corrected chi connectivity index (χ3v) is 6.09. The molecular weight excluding hydrogens is 452 g/mol. The SMILES string of the molecule is C=C1C=CC(c2cccc(C#N)c2)NN1Cc1cccc(-c2ncc(OCC3CNCCO3)cn2)c1. The lowest BCUT2D eigenvalue weighted by molar-refractivity contribution is 0.0000562. The molecule has 3 aromatic rings. The number of morpholine rings is 1. The van der Waals surface area contributed by atoms with Crippen molar-refractivity contribution in [3.05, 3.63) is 102 Å². The Morgan fingerprint density at radius 2 is 2.03 bits per heavy atom. The zero-order chi connectivity index (χ0) is 24.7. The van der Waals surface area contributed by atoms with Crippen LogP contribution in [0.15, 0.2) is 85.4 Å². The summed E-state index contributed by atoms with van der Waals surface area (Å²) in [6, 6.07) is 17.9. The number of nitrogens with zero attached hydrogens (tertiary/aromatic N) is 4. The molecule has 0 amide bonds. The molecule has 8 heteroatoms. The van der Waals surface area contributed by atoms with E-state index < -0.39 is 0 Å². The summed E-state index contributed by atoms with van der Waals surface area (Å²) in [5.74, 6) is 1.26. The van der Waals surface area contributed by atoms with E-state index in [-0.39, 0.29) is 12.1 Å². The first-order valence-corrected chi connectivity index (χ1v) is 12.0. The maximum Gasteiger partial charge on any atom is 0.159 e. The third-order valence-electron chi connectivity index (χ3n) is 6.09. The van der Waals surface area contributed by atoms with Crippen molar-refractivity contribution in [2.75, 3.05) is 26.3 Å². The molecule has 182 valence electrons. The lowest BCUT2D eigenvalue weighted by Crippen LogP contribution is -2.41. The molecule has 1 saturated heterocycles. The molecule has 36 heavy (non-hydrogen) atoms. The molecule has 0 radical (unpaired) electrons. The van der Waals surface area contributed by atoms with E-state index in [1.807, 2.05) is 47.5 Å². The summed E-state index contributed by atoms with van der Waals surface area (Å²) in [4.78, 5) is 9.01. The topological polar surface area (TPSA) is 95.3 Å². The van der Waals surface area contributed by atoms with Gasteiger partial charge in [-0.3, -0.25) is 0 Å². The highest BCUT2D eigenvalue weighted by molar-refractivity contribution is 5.56. The molecule has 2 aliphatic rings. The molecule has 2 aliphatic heterocycles. The summed E-state index contributed by atoms with van der Waals surface area (Å²) in [6.07, 6.45) is 7.49. The second-order valence-electron chi connectivity index (χ2n) is 8.73. The molecule has 0 aliphatic carbocycles. The molecule has 2 atom stereocenters. The highest BCUT2D eigenvalue weighted by Crippen LogP contribution is 2.25. The van der Waals surface area contributed by atoms with Crippen molar-refractivity contribution in [1.29, 1.82) is 5.26 Å². The maximum absolute atomic E-state index is 9.23. The molecule has 1 aromatic heterocycles. The minimum atomic E-state index is -0.0438. The Kier molecular flexibility index (Phi) is 7.33. The highest BCUT2D eigenvalue weighted by Gasteiger charge is 2.19. The Hall–Kier alpha value is -4.03. The van der Waals surface area contributed by atoms with Gasteiger partial charge in [-0.2, -0.15) is 5.26 Å². The number of hydrogen-bond acceptors (Lipinski definition) is 8. The van der Waals surface area contributed by atoms with Crippen molar-refractivity contribution in [2.45, 2.75) is 18.7 Å². The van der Waals surface area contributed by atoms with Crippen molar-refractivity contribution in [1.82, 2.24) is 25.7 Å². The number of rotatable bonds is 7. The van der Waals surface area contributed by atoms with Gasteiger partial charge in [-0.25, -0.2) is 15.4 Å². The van der Waals surface area contributed by atoms with Crippen LogP contribution in [0.3, 0.4) is 0 Å². The predicted molar refractivity (Wildman–Crippen MR) is 136 cm³/mol. The molecule has 2 aromatic carbocycles. The van der Waals surface area contributed by atoms with E-state index in [1.165, 1.54) is 0 Å². The normalized spacial score (nSPS) is 19.6. The van der Waals surface area contributed by atoms with Crippen LogP contribution in [0.5, 0.6) is 5.75 Å². The zero-order valence-corrected chi connectivity index (χ0v) is 19.9. The van der Waals surface area contributed by atoms with Crippen LogP contribution in [-0.2, 0) is 11.3 Å². The molecule has 3 heterocycles. The van der Waals surface area contributed by atoms with Gasteiger partial charge in [0, 0.05) is 24.4 Å². The Morgan fingerprint density at radius 1 is 1.17 bits per heavy atom. The summed E-state index contributed by atoms with van der Waals surface area (Å²) < 4.78 is 11.5. The lowest BCUT2D eigenvalue weighted by Gasteiger charge is -2.33. The smallest absolute Gasteiger partial charge is 0.159 e. The van der Waals surface area contributed by atoms with Crippen LogP contribution in [0.1, 0.15) is 22.7 Å². The first-order valence-electron chi connectivity index (χ1n) is 12.0. The number of allylic oxidation sites excluding steroid dienone is 1. The number of ether oxygens (including phenoxy) is 2. The number of benzene rings is 2. The monoisotopic (exact) mass is 480 g/mol. The van der Waals surface area contributed by atoms with Crippen molar-refractivity contribution in [3.63, 3.8) is 0 Å². The van der Waals surface area contributed by atoms with E-state index in [9.17, 15) is 5.26 Å². The Balaban J connectivity index is 1.23. The highest BCUT2D eigenvalue weighted by atomic mass is 16.5. The number of nitriles is 1. The lowest BCUT2D eigenvalue weighted by atomic mass is 10.0. The second-order valence-corrected chi connectivity index (χ2v) is 8.73. The molecule has 0 spiro atoms. The average Bonchev–Trinajstić information content (AvgIpc) is 2.94. The maximum atomic E-state index is 9.23. The van der Waals surface area contributed by atoms with E-state index in [0.29, 0.717) is 36.9 Å². The van der Waals surface area contributed by atoms with Gasteiger partial charge in [-0.15, -0.1) is 0 Å². The van der Waals surface area contributed by atoms with E-state index >= 15 is 0 Å². The molecule has 1 fully saturated rings. The third kappa shape index (κ3) is 5.78. The van der Waals surface area contributed by atoms with Gasteiger partial charge in [0.05, 0.1) is 43.2 Å². The largest absolute Gasteiger partial charge is 0.488 e. The van der Waals surface area contributed by atoms with Gasteiger partial charge in [0.25, 0.3) is 0 Å². The van der Waals surface area contributed by atoms with Crippen LogP contribution in [0.4, 0.5) is 0 Å². The Morgan fingerprint density at radius 3 is 2.83 bits per heavy atom. The van der Waals surface area contributed by atoms with Crippen LogP contribution in [0, 0.1) is 11.3 Å². The van der Waals surface area contributed by atoms with Gasteiger partial charge in [0.15, 0.2) is 11.6 Å². The number of aromatic nitrogens is 2. The first-order chi connectivity index (χ1) is 17.7. The van der Waals surface area contributed by atoms with E-state index in [4.69, 9.17) is 9.47 Å². The molecule has 2 unspecified atom stereocenters. The van der Waals surface area contributed by atoms with E-state index in [1.54, 1.807) is 12.4 Å².